The fourth-order valence-corrected chi connectivity index (χ4v) is 9.99. The van der Waals surface area contributed by atoms with Crippen molar-refractivity contribution in [3.63, 3.8) is 0 Å². The van der Waals surface area contributed by atoms with E-state index in [1.54, 1.807) is 6.08 Å². The number of hydrogen-bond acceptors (Lipinski definition) is 8. The molecule has 1 aliphatic heterocycles. The molecule has 0 spiro atoms. The van der Waals surface area contributed by atoms with E-state index >= 15 is 0 Å². The zero-order valence-corrected chi connectivity index (χ0v) is 48.8. The van der Waals surface area contributed by atoms with Gasteiger partial charge in [0.2, 0.25) is 5.91 Å². The van der Waals surface area contributed by atoms with E-state index in [1.165, 1.54) is 225 Å². The van der Waals surface area contributed by atoms with Crippen molar-refractivity contribution < 1.29 is 39.8 Å². The molecule has 0 saturated carbocycles. The zero-order chi connectivity index (χ0) is 54.3. The highest BCUT2D eigenvalue weighted by Gasteiger charge is 2.44. The van der Waals surface area contributed by atoms with Gasteiger partial charge in [-0.25, -0.2) is 0 Å². The van der Waals surface area contributed by atoms with Gasteiger partial charge < -0.3 is 40.3 Å². The molecular weight excluding hydrogens is 935 g/mol. The van der Waals surface area contributed by atoms with Gasteiger partial charge in [-0.05, 0) is 77.0 Å². The average molecular weight is 1060 g/mol. The van der Waals surface area contributed by atoms with E-state index < -0.39 is 49.5 Å². The summed E-state index contributed by atoms with van der Waals surface area (Å²) < 4.78 is 11.3. The molecule has 7 atom stereocenters. The van der Waals surface area contributed by atoms with Crippen LogP contribution in [0.15, 0.2) is 60.8 Å². The SMILES string of the molecule is CCCCCCC/C=C\C/C=C\CCCCCCCCCCCCCCCCCCCCCC(=O)NC(COC1OC(CO)C(O)C(O)C1O)C(O)/C=C/CC/C=C/CC/C=C/CCCCCCCCCCCCC. The van der Waals surface area contributed by atoms with Gasteiger partial charge in [-0.15, -0.1) is 0 Å². The highest BCUT2D eigenvalue weighted by atomic mass is 16.7. The molecule has 1 aliphatic rings. The number of unbranched alkanes of at least 4 members (excludes halogenated alkanes) is 37. The van der Waals surface area contributed by atoms with E-state index in [9.17, 15) is 30.3 Å². The molecule has 0 bridgehead atoms. The van der Waals surface area contributed by atoms with E-state index in [4.69, 9.17) is 9.47 Å². The maximum atomic E-state index is 13.1. The first-order valence-electron chi connectivity index (χ1n) is 32.0. The molecule has 0 aliphatic carbocycles. The summed E-state index contributed by atoms with van der Waals surface area (Å²) >= 11 is 0. The van der Waals surface area contributed by atoms with Gasteiger partial charge in [-0.2, -0.15) is 0 Å². The number of nitrogens with one attached hydrogen (secondary N) is 1. The predicted molar refractivity (Wildman–Crippen MR) is 318 cm³/mol. The van der Waals surface area contributed by atoms with Crippen LogP contribution in [0.3, 0.4) is 0 Å². The predicted octanol–water partition coefficient (Wildman–Crippen LogP) is 16.6. The van der Waals surface area contributed by atoms with Crippen LogP contribution in [0.2, 0.25) is 0 Å². The van der Waals surface area contributed by atoms with E-state index in [1.807, 2.05) is 6.08 Å². The number of ether oxygens (including phenoxy) is 2. The fourth-order valence-electron chi connectivity index (χ4n) is 9.99. The van der Waals surface area contributed by atoms with Crippen LogP contribution in [0.4, 0.5) is 0 Å². The van der Waals surface area contributed by atoms with Gasteiger partial charge in [0, 0.05) is 6.42 Å². The third-order valence-corrected chi connectivity index (χ3v) is 15.0. The second-order valence-electron chi connectivity index (χ2n) is 22.2. The summed E-state index contributed by atoms with van der Waals surface area (Å²) in [7, 11) is 0. The van der Waals surface area contributed by atoms with Crippen molar-refractivity contribution in [2.24, 2.45) is 0 Å². The minimum atomic E-state index is -1.58. The van der Waals surface area contributed by atoms with Gasteiger partial charge in [-0.3, -0.25) is 4.79 Å². The molecule has 1 rings (SSSR count). The second kappa shape index (κ2) is 55.2. The van der Waals surface area contributed by atoms with Crippen molar-refractivity contribution in [1.82, 2.24) is 5.32 Å². The van der Waals surface area contributed by atoms with Crippen LogP contribution < -0.4 is 5.32 Å². The topological polar surface area (TPSA) is 149 Å². The lowest BCUT2D eigenvalue weighted by Gasteiger charge is -2.40. The molecule has 1 saturated heterocycles. The Balaban J connectivity index is 2.18. The van der Waals surface area contributed by atoms with Crippen molar-refractivity contribution in [1.29, 1.82) is 0 Å². The second-order valence-corrected chi connectivity index (χ2v) is 22.2. The quantitative estimate of drug-likeness (QED) is 0.0261. The molecule has 0 aromatic heterocycles. The summed E-state index contributed by atoms with van der Waals surface area (Å²) in [6.07, 6.45) is 68.8. The summed E-state index contributed by atoms with van der Waals surface area (Å²) in [5.41, 5.74) is 0. The first kappa shape index (κ1) is 70.9. The Morgan fingerprint density at radius 3 is 1.20 bits per heavy atom. The van der Waals surface area contributed by atoms with Gasteiger partial charge in [0.25, 0.3) is 0 Å². The van der Waals surface area contributed by atoms with Gasteiger partial charge >= 0.3 is 0 Å². The lowest BCUT2D eigenvalue weighted by Crippen LogP contribution is -2.60. The smallest absolute Gasteiger partial charge is 0.220 e. The van der Waals surface area contributed by atoms with Crippen LogP contribution in [0.25, 0.3) is 0 Å². The summed E-state index contributed by atoms with van der Waals surface area (Å²) in [4.78, 5) is 13.1. The van der Waals surface area contributed by atoms with Crippen molar-refractivity contribution in [3.05, 3.63) is 60.8 Å². The molecule has 6 N–H and O–H groups in total. The Morgan fingerprint density at radius 1 is 0.453 bits per heavy atom. The molecule has 1 heterocycles. The molecule has 438 valence electrons. The molecule has 0 aromatic rings. The zero-order valence-electron chi connectivity index (χ0n) is 48.8. The highest BCUT2D eigenvalue weighted by molar-refractivity contribution is 5.76. The van der Waals surface area contributed by atoms with Crippen LogP contribution >= 0.6 is 0 Å². The van der Waals surface area contributed by atoms with E-state index in [2.05, 4.69) is 67.8 Å². The summed E-state index contributed by atoms with van der Waals surface area (Å²) in [5, 5.41) is 54.6. The molecule has 1 amide bonds. The maximum absolute atomic E-state index is 13.1. The molecular formula is C66H121NO8. The first-order valence-corrected chi connectivity index (χ1v) is 32.0. The Kier molecular flexibility index (Phi) is 52.2. The Labute approximate surface area is 462 Å². The highest BCUT2D eigenvalue weighted by Crippen LogP contribution is 2.23. The lowest BCUT2D eigenvalue weighted by atomic mass is 9.99. The van der Waals surface area contributed by atoms with Crippen molar-refractivity contribution in [2.45, 2.75) is 339 Å². The number of rotatable bonds is 55. The van der Waals surface area contributed by atoms with Crippen LogP contribution in [-0.4, -0.2) is 87.5 Å². The number of aliphatic hydroxyl groups is 5. The fraction of sp³-hybridized carbons (Fsp3) is 0.833. The van der Waals surface area contributed by atoms with Crippen LogP contribution in [-0.2, 0) is 14.3 Å². The van der Waals surface area contributed by atoms with Gasteiger partial charge in [-0.1, -0.05) is 274 Å². The molecule has 0 radical (unpaired) electrons. The van der Waals surface area contributed by atoms with Crippen LogP contribution in [0.1, 0.15) is 296 Å². The molecule has 1 fully saturated rings. The van der Waals surface area contributed by atoms with Gasteiger partial charge in [0.15, 0.2) is 6.29 Å². The third-order valence-electron chi connectivity index (χ3n) is 15.0. The minimum absolute atomic E-state index is 0.187. The number of amides is 1. The Morgan fingerprint density at radius 2 is 0.800 bits per heavy atom. The average Bonchev–Trinajstić information content (AvgIpc) is 3.41. The number of hydrogen-bond donors (Lipinski definition) is 6. The van der Waals surface area contributed by atoms with Crippen molar-refractivity contribution in [3.8, 4) is 0 Å². The van der Waals surface area contributed by atoms with Crippen molar-refractivity contribution in [2.75, 3.05) is 13.2 Å². The largest absolute Gasteiger partial charge is 0.394 e. The molecule has 0 aromatic carbocycles. The number of allylic oxidation sites excluding steroid dienone is 9. The van der Waals surface area contributed by atoms with E-state index in [0.717, 1.165) is 51.4 Å². The molecule has 9 heteroatoms. The summed E-state index contributed by atoms with van der Waals surface area (Å²) in [5.74, 6) is -0.187. The molecule has 7 unspecified atom stereocenters. The van der Waals surface area contributed by atoms with Crippen molar-refractivity contribution >= 4 is 5.91 Å². The van der Waals surface area contributed by atoms with E-state index in [-0.39, 0.29) is 12.5 Å². The van der Waals surface area contributed by atoms with Gasteiger partial charge in [0.05, 0.1) is 25.4 Å². The summed E-state index contributed by atoms with van der Waals surface area (Å²) in [6, 6.07) is -0.830. The number of aliphatic hydroxyl groups excluding tert-OH is 5. The number of carbonyl (C=O) groups excluding carboxylic acids is 1. The van der Waals surface area contributed by atoms with Crippen LogP contribution in [0, 0.1) is 0 Å². The molecule has 75 heavy (non-hydrogen) atoms. The minimum Gasteiger partial charge on any atom is -0.394 e. The normalized spacial score (nSPS) is 19.3. The summed E-state index contributed by atoms with van der Waals surface area (Å²) in [6.45, 7) is 3.77. The van der Waals surface area contributed by atoms with Gasteiger partial charge in [0.1, 0.15) is 24.4 Å². The monoisotopic (exact) mass is 1060 g/mol. The number of carbonyl (C=O) groups is 1. The van der Waals surface area contributed by atoms with Crippen LogP contribution in [0.5, 0.6) is 0 Å². The third kappa shape index (κ3) is 44.4. The van der Waals surface area contributed by atoms with E-state index in [0.29, 0.717) is 6.42 Å². The Hall–Kier alpha value is -2.11. The molecule has 9 nitrogen and oxygen atoms in total. The Bertz CT molecular complexity index is 1360. The standard InChI is InChI=1S/C66H121NO8/c1-3-5-7-9-11-13-15-17-19-21-23-25-26-27-28-29-30-31-32-33-34-36-38-40-42-44-46-48-50-52-54-56-62(70)67-59(58-74-66-65(73)64(72)63(71)61(57-68)75-66)60(69)55-53-51-49-47-45-43-41-39-37-35-24-22-20-18-16-14-12-10-8-6-4-2/h15,17,21,23,37,39,45,47,53,55,59-61,63-66,68-69,71-73H,3-14,16,18-20,22,24-36,38,40-44,46,48-52,54,56-58H2,1-2H3,(H,67,70)/b17-15-,23-21-,39-37+,47-45+,55-53+. The lowest BCUT2D eigenvalue weighted by molar-refractivity contribution is -0.302. The first-order chi connectivity index (χ1) is 36.8. The maximum Gasteiger partial charge on any atom is 0.220 e.